The number of aromatic nitrogens is 1. The SMILES string of the molecule is CN1CCCCC1c1ccc(N2CCNCC2)nc1. The lowest BCUT2D eigenvalue weighted by Crippen LogP contribution is -2.43. The second kappa shape index (κ2) is 5.88. The van der Waals surface area contributed by atoms with Crippen molar-refractivity contribution >= 4 is 5.82 Å². The van der Waals surface area contributed by atoms with E-state index in [2.05, 4.69) is 45.5 Å². The zero-order valence-corrected chi connectivity index (χ0v) is 11.8. The third-order valence-corrected chi connectivity index (χ3v) is 4.37. The van der Waals surface area contributed by atoms with E-state index in [-0.39, 0.29) is 0 Å². The smallest absolute Gasteiger partial charge is 0.128 e. The minimum atomic E-state index is 0.568. The molecule has 2 aliphatic rings. The lowest BCUT2D eigenvalue weighted by Gasteiger charge is -2.33. The molecule has 0 saturated carbocycles. The number of hydrogen-bond acceptors (Lipinski definition) is 4. The van der Waals surface area contributed by atoms with Crippen molar-refractivity contribution in [3.8, 4) is 0 Å². The standard InChI is InChI=1S/C15H24N4/c1-18-9-3-2-4-14(18)13-5-6-15(17-12-13)19-10-7-16-8-11-19/h5-6,12,14,16H,2-4,7-11H2,1H3. The average molecular weight is 260 g/mol. The van der Waals surface area contributed by atoms with E-state index in [1.165, 1.54) is 31.4 Å². The number of nitrogens with one attached hydrogen (secondary N) is 1. The average Bonchev–Trinajstić information content (AvgIpc) is 2.49. The number of hydrogen-bond donors (Lipinski definition) is 1. The summed E-state index contributed by atoms with van der Waals surface area (Å²) in [6, 6.07) is 5.04. The first-order valence-corrected chi connectivity index (χ1v) is 7.46. The molecular formula is C15H24N4. The highest BCUT2D eigenvalue weighted by Crippen LogP contribution is 2.29. The molecule has 19 heavy (non-hydrogen) atoms. The summed E-state index contributed by atoms with van der Waals surface area (Å²) in [6.45, 7) is 5.47. The zero-order chi connectivity index (χ0) is 13.1. The van der Waals surface area contributed by atoms with Crippen molar-refractivity contribution in [3.05, 3.63) is 23.9 Å². The Hall–Kier alpha value is -1.13. The molecule has 3 heterocycles. The maximum Gasteiger partial charge on any atom is 0.128 e. The van der Waals surface area contributed by atoms with E-state index < -0.39 is 0 Å². The van der Waals surface area contributed by atoms with Crippen LogP contribution in [0.4, 0.5) is 5.82 Å². The van der Waals surface area contributed by atoms with Crippen molar-refractivity contribution in [1.82, 2.24) is 15.2 Å². The van der Waals surface area contributed by atoms with Crippen LogP contribution in [0.15, 0.2) is 18.3 Å². The van der Waals surface area contributed by atoms with E-state index in [0.717, 1.165) is 32.0 Å². The van der Waals surface area contributed by atoms with Crippen molar-refractivity contribution in [3.63, 3.8) is 0 Å². The molecule has 0 spiro atoms. The molecule has 0 amide bonds. The van der Waals surface area contributed by atoms with Gasteiger partial charge in [-0.2, -0.15) is 0 Å². The van der Waals surface area contributed by atoms with Crippen LogP contribution in [0.5, 0.6) is 0 Å². The third kappa shape index (κ3) is 2.90. The van der Waals surface area contributed by atoms with Crippen LogP contribution in [0, 0.1) is 0 Å². The first kappa shape index (κ1) is 12.9. The zero-order valence-electron chi connectivity index (χ0n) is 11.8. The van der Waals surface area contributed by atoms with Crippen LogP contribution < -0.4 is 10.2 Å². The molecule has 3 rings (SSSR count). The van der Waals surface area contributed by atoms with Crippen LogP contribution >= 0.6 is 0 Å². The van der Waals surface area contributed by atoms with Gasteiger partial charge in [0.25, 0.3) is 0 Å². The minimum Gasteiger partial charge on any atom is -0.354 e. The normalized spacial score (nSPS) is 25.5. The summed E-state index contributed by atoms with van der Waals surface area (Å²) in [5.41, 5.74) is 1.38. The Morgan fingerprint density at radius 3 is 2.68 bits per heavy atom. The number of likely N-dealkylation sites (tertiary alicyclic amines) is 1. The van der Waals surface area contributed by atoms with Gasteiger partial charge in [-0.3, -0.25) is 4.90 Å². The van der Waals surface area contributed by atoms with E-state index in [4.69, 9.17) is 0 Å². The number of anilines is 1. The molecule has 0 radical (unpaired) electrons. The molecule has 4 nitrogen and oxygen atoms in total. The molecule has 0 aromatic carbocycles. The number of piperazine rings is 1. The maximum atomic E-state index is 4.68. The molecule has 2 aliphatic heterocycles. The lowest BCUT2D eigenvalue weighted by molar-refractivity contribution is 0.187. The first-order valence-electron chi connectivity index (χ1n) is 7.46. The van der Waals surface area contributed by atoms with E-state index in [0.29, 0.717) is 6.04 Å². The molecule has 1 aromatic heterocycles. The fourth-order valence-electron chi connectivity index (χ4n) is 3.17. The third-order valence-electron chi connectivity index (χ3n) is 4.37. The Labute approximate surface area is 115 Å². The van der Waals surface area contributed by atoms with Crippen molar-refractivity contribution in [2.75, 3.05) is 44.7 Å². The number of nitrogens with zero attached hydrogens (tertiary/aromatic N) is 3. The van der Waals surface area contributed by atoms with Gasteiger partial charge in [-0.05, 0) is 38.1 Å². The van der Waals surface area contributed by atoms with E-state index in [1.54, 1.807) is 0 Å². The van der Waals surface area contributed by atoms with Crippen molar-refractivity contribution in [1.29, 1.82) is 0 Å². The van der Waals surface area contributed by atoms with Gasteiger partial charge < -0.3 is 10.2 Å². The summed E-state index contributed by atoms with van der Waals surface area (Å²) in [6.07, 6.45) is 6.03. The summed E-state index contributed by atoms with van der Waals surface area (Å²) >= 11 is 0. The van der Waals surface area contributed by atoms with Gasteiger partial charge in [0, 0.05) is 38.4 Å². The molecular weight excluding hydrogens is 236 g/mol. The monoisotopic (exact) mass is 260 g/mol. The summed E-state index contributed by atoms with van der Waals surface area (Å²) in [7, 11) is 2.23. The lowest BCUT2D eigenvalue weighted by atomic mass is 9.97. The van der Waals surface area contributed by atoms with Crippen molar-refractivity contribution < 1.29 is 0 Å². The molecule has 2 saturated heterocycles. The summed E-state index contributed by atoms with van der Waals surface area (Å²) in [5, 5.41) is 3.38. The molecule has 0 bridgehead atoms. The van der Waals surface area contributed by atoms with Crippen LogP contribution in [-0.2, 0) is 0 Å². The minimum absolute atomic E-state index is 0.568. The van der Waals surface area contributed by atoms with Gasteiger partial charge in [0.15, 0.2) is 0 Å². The van der Waals surface area contributed by atoms with Crippen LogP contribution in [0.1, 0.15) is 30.9 Å². The molecule has 0 aliphatic carbocycles. The van der Waals surface area contributed by atoms with Gasteiger partial charge in [0.05, 0.1) is 0 Å². The number of pyridine rings is 1. The first-order chi connectivity index (χ1) is 9.34. The molecule has 2 fully saturated rings. The summed E-state index contributed by atoms with van der Waals surface area (Å²) in [4.78, 5) is 9.51. The Morgan fingerprint density at radius 1 is 1.16 bits per heavy atom. The molecule has 104 valence electrons. The predicted octanol–water partition coefficient (Wildman–Crippen LogP) is 1.65. The van der Waals surface area contributed by atoms with Crippen LogP contribution in [0.3, 0.4) is 0 Å². The van der Waals surface area contributed by atoms with Crippen LogP contribution in [0.25, 0.3) is 0 Å². The summed E-state index contributed by atoms with van der Waals surface area (Å²) in [5.74, 6) is 1.13. The highest BCUT2D eigenvalue weighted by Gasteiger charge is 2.21. The van der Waals surface area contributed by atoms with Gasteiger partial charge in [0.2, 0.25) is 0 Å². The Kier molecular flexibility index (Phi) is 3.99. The van der Waals surface area contributed by atoms with E-state index in [1.807, 2.05) is 0 Å². The molecule has 4 heteroatoms. The molecule has 1 atom stereocenters. The quantitative estimate of drug-likeness (QED) is 0.876. The van der Waals surface area contributed by atoms with Gasteiger partial charge in [-0.1, -0.05) is 12.5 Å². The Morgan fingerprint density at radius 2 is 2.00 bits per heavy atom. The van der Waals surface area contributed by atoms with Gasteiger partial charge in [0.1, 0.15) is 5.82 Å². The van der Waals surface area contributed by atoms with E-state index >= 15 is 0 Å². The molecule has 1 unspecified atom stereocenters. The largest absolute Gasteiger partial charge is 0.354 e. The maximum absolute atomic E-state index is 4.68. The fraction of sp³-hybridized carbons (Fsp3) is 0.667. The van der Waals surface area contributed by atoms with Gasteiger partial charge in [-0.25, -0.2) is 4.98 Å². The number of rotatable bonds is 2. The highest BCUT2D eigenvalue weighted by molar-refractivity contribution is 5.40. The molecule has 1 aromatic rings. The van der Waals surface area contributed by atoms with Crippen molar-refractivity contribution in [2.24, 2.45) is 0 Å². The van der Waals surface area contributed by atoms with Gasteiger partial charge >= 0.3 is 0 Å². The van der Waals surface area contributed by atoms with Crippen molar-refractivity contribution in [2.45, 2.75) is 25.3 Å². The second-order valence-corrected chi connectivity index (χ2v) is 5.68. The van der Waals surface area contributed by atoms with Crippen LogP contribution in [-0.4, -0.2) is 49.7 Å². The van der Waals surface area contributed by atoms with E-state index in [9.17, 15) is 0 Å². The Bertz CT molecular complexity index is 397. The summed E-state index contributed by atoms with van der Waals surface area (Å²) < 4.78 is 0. The number of piperidine rings is 1. The second-order valence-electron chi connectivity index (χ2n) is 5.68. The molecule has 1 N–H and O–H groups in total. The highest BCUT2D eigenvalue weighted by atomic mass is 15.2. The Balaban J connectivity index is 1.70. The van der Waals surface area contributed by atoms with Gasteiger partial charge in [-0.15, -0.1) is 0 Å². The van der Waals surface area contributed by atoms with Crippen LogP contribution in [0.2, 0.25) is 0 Å². The fourth-order valence-corrected chi connectivity index (χ4v) is 3.17. The predicted molar refractivity (Wildman–Crippen MR) is 78.5 cm³/mol. The topological polar surface area (TPSA) is 31.4 Å².